The molecule has 1 aromatic heterocycles. The number of rotatable bonds is 8. The van der Waals surface area contributed by atoms with E-state index in [-0.39, 0.29) is 11.9 Å². The molecule has 2 heterocycles. The summed E-state index contributed by atoms with van der Waals surface area (Å²) < 4.78 is 5.41. The van der Waals surface area contributed by atoms with Crippen LogP contribution in [0, 0.1) is 11.8 Å². The van der Waals surface area contributed by atoms with Crippen LogP contribution in [-0.2, 0) is 4.74 Å². The van der Waals surface area contributed by atoms with Crippen LogP contribution in [0.3, 0.4) is 0 Å². The quantitative estimate of drug-likeness (QED) is 0.436. The van der Waals surface area contributed by atoms with Crippen molar-refractivity contribution in [1.29, 1.82) is 0 Å². The fraction of sp³-hybridized carbons (Fsp3) is 0.476. The summed E-state index contributed by atoms with van der Waals surface area (Å²) in [6, 6.07) is 5.99. The Balaban J connectivity index is 1.52. The highest BCUT2D eigenvalue weighted by atomic mass is 16.5. The van der Waals surface area contributed by atoms with E-state index in [4.69, 9.17) is 4.74 Å². The maximum Gasteiger partial charge on any atom is 0.251 e. The molecule has 0 radical (unpaired) electrons. The molecule has 2 fully saturated rings. The van der Waals surface area contributed by atoms with Crippen LogP contribution in [0.15, 0.2) is 29.7 Å². The van der Waals surface area contributed by atoms with Gasteiger partial charge in [0.05, 0.1) is 11.5 Å². The second-order valence-electron chi connectivity index (χ2n) is 7.97. The second-order valence-corrected chi connectivity index (χ2v) is 7.97. The van der Waals surface area contributed by atoms with E-state index in [1.54, 1.807) is 19.3 Å². The number of hydrogen-bond acceptors (Lipinski definition) is 8. The van der Waals surface area contributed by atoms with Crippen molar-refractivity contribution in [2.24, 2.45) is 5.29 Å². The van der Waals surface area contributed by atoms with Crippen molar-refractivity contribution >= 4 is 29.0 Å². The molecule has 1 saturated heterocycles. The van der Waals surface area contributed by atoms with E-state index in [0.717, 1.165) is 36.9 Å². The SMILES string of the molecule is Cc1cc(C(=O)NC2CC2)ccc1Nc1ncc(N(C)N=O)c(NC2CCOCC2)n1. The number of anilines is 4. The van der Waals surface area contributed by atoms with Gasteiger partial charge in [-0.2, -0.15) is 4.98 Å². The number of nitrogens with one attached hydrogen (secondary N) is 3. The normalized spacial score (nSPS) is 16.5. The van der Waals surface area contributed by atoms with Gasteiger partial charge >= 0.3 is 0 Å². The molecule has 3 N–H and O–H groups in total. The minimum Gasteiger partial charge on any atom is -0.381 e. The average Bonchev–Trinajstić information content (AvgIpc) is 3.59. The lowest BCUT2D eigenvalue weighted by Gasteiger charge is -2.25. The summed E-state index contributed by atoms with van der Waals surface area (Å²) in [5, 5.41) is 13.8. The zero-order valence-electron chi connectivity index (χ0n) is 17.7. The van der Waals surface area contributed by atoms with Crippen molar-refractivity contribution in [3.63, 3.8) is 0 Å². The van der Waals surface area contributed by atoms with Gasteiger partial charge in [0.15, 0.2) is 5.82 Å². The van der Waals surface area contributed by atoms with Crippen LogP contribution in [0.1, 0.15) is 41.6 Å². The molecule has 1 aliphatic carbocycles. The first-order chi connectivity index (χ1) is 15.0. The molecule has 2 aromatic rings. The van der Waals surface area contributed by atoms with E-state index in [0.29, 0.717) is 42.3 Å². The molecule has 164 valence electrons. The number of nitroso groups, excluding NO2 is 1. The third-order valence-corrected chi connectivity index (χ3v) is 5.45. The van der Waals surface area contributed by atoms with Gasteiger partial charge in [-0.1, -0.05) is 0 Å². The van der Waals surface area contributed by atoms with Gasteiger partial charge in [0.25, 0.3) is 5.91 Å². The average molecular weight is 425 g/mol. The summed E-state index contributed by atoms with van der Waals surface area (Å²) in [6.45, 7) is 3.30. The summed E-state index contributed by atoms with van der Waals surface area (Å²) in [7, 11) is 1.56. The predicted octanol–water partition coefficient (Wildman–Crippen LogP) is 3.13. The standard InChI is InChI=1S/C21H27N7O3/c1-13-11-14(20(29)24-15-4-5-15)3-6-17(13)25-21-22-12-18(28(2)27-30)19(26-21)23-16-7-9-31-10-8-16/h3,6,11-12,15-16H,4-5,7-10H2,1-2H3,(H,24,29)(H2,22,23,25,26). The topological polar surface area (TPSA) is 121 Å². The molecule has 4 rings (SSSR count). The molecule has 0 atom stereocenters. The second kappa shape index (κ2) is 9.25. The lowest BCUT2D eigenvalue weighted by molar-refractivity contribution is 0.0904. The number of hydrogen-bond donors (Lipinski definition) is 3. The fourth-order valence-electron chi connectivity index (χ4n) is 3.42. The Kier molecular flexibility index (Phi) is 6.26. The van der Waals surface area contributed by atoms with Gasteiger partial charge in [0.2, 0.25) is 5.95 Å². The number of ether oxygens (including phenoxy) is 1. The number of benzene rings is 1. The Morgan fingerprint density at radius 3 is 2.65 bits per heavy atom. The molecule has 10 heteroatoms. The third-order valence-electron chi connectivity index (χ3n) is 5.45. The van der Waals surface area contributed by atoms with Gasteiger partial charge in [0.1, 0.15) is 5.69 Å². The lowest BCUT2D eigenvalue weighted by atomic mass is 10.1. The van der Waals surface area contributed by atoms with Crippen molar-refractivity contribution in [2.45, 2.75) is 44.7 Å². The van der Waals surface area contributed by atoms with E-state index >= 15 is 0 Å². The van der Waals surface area contributed by atoms with Crippen molar-refractivity contribution < 1.29 is 9.53 Å². The predicted molar refractivity (Wildman–Crippen MR) is 119 cm³/mol. The van der Waals surface area contributed by atoms with Crippen LogP contribution < -0.4 is 21.0 Å². The summed E-state index contributed by atoms with van der Waals surface area (Å²) in [5.74, 6) is 0.866. The van der Waals surface area contributed by atoms with Crippen LogP contribution in [0.4, 0.5) is 23.1 Å². The van der Waals surface area contributed by atoms with Crippen LogP contribution in [0.25, 0.3) is 0 Å². The lowest BCUT2D eigenvalue weighted by Crippen LogP contribution is -2.29. The molecule has 10 nitrogen and oxygen atoms in total. The molecule has 1 saturated carbocycles. The molecule has 1 amide bonds. The van der Waals surface area contributed by atoms with Crippen molar-refractivity contribution in [2.75, 3.05) is 35.9 Å². The summed E-state index contributed by atoms with van der Waals surface area (Å²) >= 11 is 0. The van der Waals surface area contributed by atoms with Gasteiger partial charge in [0, 0.05) is 43.6 Å². The highest BCUT2D eigenvalue weighted by molar-refractivity contribution is 5.95. The molecule has 1 aliphatic heterocycles. The molecule has 31 heavy (non-hydrogen) atoms. The molecule has 1 aromatic carbocycles. The van der Waals surface area contributed by atoms with Crippen LogP contribution in [0.2, 0.25) is 0 Å². The van der Waals surface area contributed by atoms with Crippen LogP contribution in [-0.4, -0.2) is 48.2 Å². The number of aryl methyl sites for hydroxylation is 1. The maximum atomic E-state index is 12.3. The minimum absolute atomic E-state index is 0.0508. The van der Waals surface area contributed by atoms with Crippen molar-refractivity contribution in [3.05, 3.63) is 40.4 Å². The number of carbonyl (C=O) groups excluding carboxylic acids is 1. The Morgan fingerprint density at radius 1 is 1.19 bits per heavy atom. The Labute approximate surface area is 180 Å². The Bertz CT molecular complexity index is 958. The highest BCUT2D eigenvalue weighted by Gasteiger charge is 2.24. The third kappa shape index (κ3) is 5.26. The number of nitrogens with zero attached hydrogens (tertiary/aromatic N) is 4. The van der Waals surface area contributed by atoms with Gasteiger partial charge < -0.3 is 20.7 Å². The Hall–Kier alpha value is -3.27. The summed E-state index contributed by atoms with van der Waals surface area (Å²) in [5.41, 5.74) is 2.83. The van der Waals surface area contributed by atoms with E-state index in [2.05, 4.69) is 31.2 Å². The first-order valence-electron chi connectivity index (χ1n) is 10.5. The summed E-state index contributed by atoms with van der Waals surface area (Å²) in [6.07, 6.45) is 5.38. The molecule has 0 bridgehead atoms. The zero-order valence-corrected chi connectivity index (χ0v) is 17.7. The van der Waals surface area contributed by atoms with Crippen molar-refractivity contribution in [1.82, 2.24) is 15.3 Å². The number of carbonyl (C=O) groups is 1. The van der Waals surface area contributed by atoms with Crippen LogP contribution >= 0.6 is 0 Å². The van der Waals surface area contributed by atoms with Crippen molar-refractivity contribution in [3.8, 4) is 0 Å². The monoisotopic (exact) mass is 425 g/mol. The van der Waals surface area contributed by atoms with Gasteiger partial charge in [-0.15, -0.1) is 4.91 Å². The zero-order chi connectivity index (χ0) is 21.8. The largest absolute Gasteiger partial charge is 0.381 e. The van der Waals surface area contributed by atoms with E-state index in [1.165, 1.54) is 5.01 Å². The first kappa shape index (κ1) is 21.0. The number of aromatic nitrogens is 2. The van der Waals surface area contributed by atoms with Crippen LogP contribution in [0.5, 0.6) is 0 Å². The molecule has 0 spiro atoms. The first-order valence-corrected chi connectivity index (χ1v) is 10.5. The maximum absolute atomic E-state index is 12.3. The van der Waals surface area contributed by atoms with E-state index < -0.39 is 0 Å². The molecule has 2 aliphatic rings. The molecular formula is C21H27N7O3. The minimum atomic E-state index is -0.0508. The fourth-order valence-corrected chi connectivity index (χ4v) is 3.42. The molecular weight excluding hydrogens is 398 g/mol. The van der Waals surface area contributed by atoms with Gasteiger partial charge in [-0.3, -0.25) is 4.79 Å². The number of amides is 1. The van der Waals surface area contributed by atoms with Gasteiger partial charge in [-0.05, 0) is 56.4 Å². The Morgan fingerprint density at radius 2 is 1.97 bits per heavy atom. The smallest absolute Gasteiger partial charge is 0.251 e. The highest BCUT2D eigenvalue weighted by Crippen LogP contribution is 2.28. The molecule has 0 unspecified atom stereocenters. The van der Waals surface area contributed by atoms with Gasteiger partial charge in [-0.25, -0.2) is 9.99 Å². The summed E-state index contributed by atoms with van der Waals surface area (Å²) in [4.78, 5) is 32.2. The van der Waals surface area contributed by atoms with E-state index in [1.807, 2.05) is 19.1 Å². The van der Waals surface area contributed by atoms with E-state index in [9.17, 15) is 9.70 Å².